The molecule has 0 atom stereocenters. The van der Waals surface area contributed by atoms with Crippen LogP contribution in [-0.4, -0.2) is 36.8 Å². The summed E-state index contributed by atoms with van der Waals surface area (Å²) in [4.78, 5) is 28.7. The number of aliphatic hydroxyl groups is 1. The third-order valence-electron chi connectivity index (χ3n) is 4.27. The lowest BCUT2D eigenvalue weighted by Crippen LogP contribution is -2.29. The van der Waals surface area contributed by atoms with Crippen LogP contribution in [0.25, 0.3) is 0 Å². The first-order chi connectivity index (χ1) is 12.3. The van der Waals surface area contributed by atoms with E-state index in [0.29, 0.717) is 30.0 Å². The molecule has 0 amide bonds. The first kappa shape index (κ1) is 19.7. The molecule has 1 N–H and O–H groups in total. The number of Topliss-reactive ketones (excluding diaryl/α,β-unsaturated/α-hetero) is 1. The highest BCUT2D eigenvalue weighted by Crippen LogP contribution is 2.37. The molecule has 2 rings (SSSR count). The molecule has 0 aliphatic heterocycles. The second-order valence-electron chi connectivity index (χ2n) is 7.10. The number of aliphatic imine (C=N–C) groups is 1. The van der Waals surface area contributed by atoms with Crippen molar-refractivity contribution in [3.05, 3.63) is 35.6 Å². The minimum atomic E-state index is -0.392. The van der Waals surface area contributed by atoms with Crippen LogP contribution in [0.1, 0.15) is 39.5 Å². The fraction of sp³-hybridized carbons (Fsp3) is 0.450. The van der Waals surface area contributed by atoms with E-state index in [1.54, 1.807) is 31.4 Å². The molecule has 0 saturated carbocycles. The Bertz CT molecular complexity index is 744. The quantitative estimate of drug-likeness (QED) is 0.614. The van der Waals surface area contributed by atoms with Gasteiger partial charge in [0.15, 0.2) is 5.78 Å². The van der Waals surface area contributed by atoms with Crippen molar-refractivity contribution in [1.82, 2.24) is 0 Å². The van der Waals surface area contributed by atoms with Gasteiger partial charge in [0.25, 0.3) is 0 Å². The highest BCUT2D eigenvalue weighted by molar-refractivity contribution is 6.24. The normalized spacial score (nSPS) is 17.2. The van der Waals surface area contributed by atoms with Gasteiger partial charge in [0.2, 0.25) is 0 Å². The molecule has 6 nitrogen and oxygen atoms in total. The monoisotopic (exact) mass is 359 g/mol. The molecular formula is C20H25NO5. The summed E-state index contributed by atoms with van der Waals surface area (Å²) in [5, 5.41) is 10.5. The van der Waals surface area contributed by atoms with Crippen molar-refractivity contribution in [1.29, 1.82) is 0 Å². The maximum absolute atomic E-state index is 12.6. The smallest absolute Gasteiger partial charge is 0.305 e. The minimum absolute atomic E-state index is 0.0309. The fourth-order valence-corrected chi connectivity index (χ4v) is 2.99. The third kappa shape index (κ3) is 4.94. The summed E-state index contributed by atoms with van der Waals surface area (Å²) in [6.07, 6.45) is 1.02. The van der Waals surface area contributed by atoms with Crippen molar-refractivity contribution in [3.63, 3.8) is 0 Å². The number of carbonyl (C=O) groups is 2. The standard InChI is InChI=1S/C20H25NO5/c1-20(2)11-16(22)19(17(23)12-20)15(9-10-18(24)26-4)21-13-5-7-14(25-3)8-6-13/h5-8,22H,9-12H2,1-4H3. The summed E-state index contributed by atoms with van der Waals surface area (Å²) in [7, 11) is 2.89. The van der Waals surface area contributed by atoms with E-state index in [1.807, 2.05) is 13.8 Å². The number of allylic oxidation sites excluding steroid dienone is 2. The molecule has 0 saturated heterocycles. The van der Waals surface area contributed by atoms with E-state index in [9.17, 15) is 14.7 Å². The van der Waals surface area contributed by atoms with Crippen LogP contribution in [0.4, 0.5) is 5.69 Å². The van der Waals surface area contributed by atoms with E-state index < -0.39 is 5.97 Å². The number of ether oxygens (including phenoxy) is 2. The Morgan fingerprint density at radius 1 is 1.15 bits per heavy atom. The molecule has 0 aromatic heterocycles. The van der Waals surface area contributed by atoms with Gasteiger partial charge in [-0.25, -0.2) is 0 Å². The van der Waals surface area contributed by atoms with Crippen molar-refractivity contribution >= 4 is 23.2 Å². The van der Waals surface area contributed by atoms with E-state index in [4.69, 9.17) is 4.74 Å². The molecule has 0 heterocycles. The second-order valence-corrected chi connectivity index (χ2v) is 7.10. The molecule has 0 spiro atoms. The van der Waals surface area contributed by atoms with E-state index in [1.165, 1.54) is 7.11 Å². The van der Waals surface area contributed by atoms with E-state index in [2.05, 4.69) is 9.73 Å². The number of ketones is 1. The number of methoxy groups -OCH3 is 2. The average molecular weight is 359 g/mol. The van der Waals surface area contributed by atoms with Crippen LogP contribution in [0.15, 0.2) is 40.6 Å². The Labute approximate surface area is 153 Å². The predicted molar refractivity (Wildman–Crippen MR) is 99.0 cm³/mol. The first-order valence-electron chi connectivity index (χ1n) is 8.50. The maximum atomic E-state index is 12.6. The van der Waals surface area contributed by atoms with E-state index >= 15 is 0 Å². The van der Waals surface area contributed by atoms with Gasteiger partial charge in [-0.05, 0) is 29.7 Å². The summed E-state index contributed by atoms with van der Waals surface area (Å²) < 4.78 is 9.81. The highest BCUT2D eigenvalue weighted by atomic mass is 16.5. The summed E-state index contributed by atoms with van der Waals surface area (Å²) in [5.41, 5.74) is 0.948. The molecule has 1 aromatic rings. The van der Waals surface area contributed by atoms with Crippen LogP contribution in [-0.2, 0) is 14.3 Å². The predicted octanol–water partition coefficient (Wildman–Crippen LogP) is 3.92. The van der Waals surface area contributed by atoms with Crippen LogP contribution in [0.5, 0.6) is 5.75 Å². The lowest BCUT2D eigenvalue weighted by atomic mass is 9.75. The Balaban J connectivity index is 2.41. The van der Waals surface area contributed by atoms with E-state index in [0.717, 1.165) is 0 Å². The average Bonchev–Trinajstić information content (AvgIpc) is 2.58. The van der Waals surface area contributed by atoms with Crippen LogP contribution in [0.3, 0.4) is 0 Å². The molecule has 0 fully saturated rings. The van der Waals surface area contributed by atoms with Gasteiger partial charge in [0.1, 0.15) is 11.5 Å². The summed E-state index contributed by atoms with van der Waals surface area (Å²) in [6, 6.07) is 7.03. The molecule has 0 radical (unpaired) electrons. The fourth-order valence-electron chi connectivity index (χ4n) is 2.99. The number of hydrogen-bond donors (Lipinski definition) is 1. The molecule has 26 heavy (non-hydrogen) atoms. The lowest BCUT2D eigenvalue weighted by Gasteiger charge is -2.30. The Morgan fingerprint density at radius 3 is 2.35 bits per heavy atom. The first-order valence-corrected chi connectivity index (χ1v) is 8.50. The molecule has 140 valence electrons. The van der Waals surface area contributed by atoms with Gasteiger partial charge in [0.05, 0.1) is 37.6 Å². The third-order valence-corrected chi connectivity index (χ3v) is 4.27. The van der Waals surface area contributed by atoms with Crippen molar-refractivity contribution < 1.29 is 24.2 Å². The zero-order chi connectivity index (χ0) is 19.3. The van der Waals surface area contributed by atoms with Gasteiger partial charge >= 0.3 is 5.97 Å². The van der Waals surface area contributed by atoms with Gasteiger partial charge in [-0.15, -0.1) is 0 Å². The minimum Gasteiger partial charge on any atom is -0.511 e. The molecule has 0 unspecified atom stereocenters. The molecule has 1 aliphatic rings. The maximum Gasteiger partial charge on any atom is 0.305 e. The van der Waals surface area contributed by atoms with Crippen molar-refractivity contribution in [3.8, 4) is 5.75 Å². The van der Waals surface area contributed by atoms with Gasteiger partial charge < -0.3 is 14.6 Å². The Morgan fingerprint density at radius 2 is 1.81 bits per heavy atom. The van der Waals surface area contributed by atoms with Crippen LogP contribution in [0.2, 0.25) is 0 Å². The zero-order valence-corrected chi connectivity index (χ0v) is 15.7. The van der Waals surface area contributed by atoms with Crippen LogP contribution < -0.4 is 4.74 Å². The summed E-state index contributed by atoms with van der Waals surface area (Å²) in [6.45, 7) is 3.87. The number of esters is 1. The van der Waals surface area contributed by atoms with Crippen LogP contribution >= 0.6 is 0 Å². The molecule has 6 heteroatoms. The van der Waals surface area contributed by atoms with Gasteiger partial charge in [0, 0.05) is 19.3 Å². The SMILES string of the molecule is COC(=O)CCC(=Nc1ccc(OC)cc1)C1=C(O)CC(C)(C)CC1=O. The van der Waals surface area contributed by atoms with E-state index in [-0.39, 0.29) is 35.4 Å². The zero-order valence-electron chi connectivity index (χ0n) is 15.7. The van der Waals surface area contributed by atoms with Crippen LogP contribution in [0, 0.1) is 5.41 Å². The number of nitrogens with zero attached hydrogens (tertiary/aromatic N) is 1. The Kier molecular flexibility index (Phi) is 6.18. The second kappa shape index (κ2) is 8.17. The number of hydrogen-bond acceptors (Lipinski definition) is 6. The van der Waals surface area contributed by atoms with Gasteiger partial charge in [-0.1, -0.05) is 13.8 Å². The number of aliphatic hydroxyl groups excluding tert-OH is 1. The Hall–Kier alpha value is -2.63. The summed E-state index contributed by atoms with van der Waals surface area (Å²) in [5.74, 6) is 0.174. The van der Waals surface area contributed by atoms with Crippen molar-refractivity contribution in [2.24, 2.45) is 10.4 Å². The lowest BCUT2D eigenvalue weighted by molar-refractivity contribution is -0.140. The topological polar surface area (TPSA) is 85.2 Å². The number of carbonyl (C=O) groups excluding carboxylic acids is 2. The van der Waals surface area contributed by atoms with Gasteiger partial charge in [-0.3, -0.25) is 14.6 Å². The molecular weight excluding hydrogens is 334 g/mol. The number of benzene rings is 1. The number of rotatable bonds is 6. The van der Waals surface area contributed by atoms with Crippen molar-refractivity contribution in [2.75, 3.05) is 14.2 Å². The van der Waals surface area contributed by atoms with Gasteiger partial charge in [-0.2, -0.15) is 0 Å². The molecule has 1 aliphatic carbocycles. The molecule has 1 aromatic carbocycles. The largest absolute Gasteiger partial charge is 0.511 e. The summed E-state index contributed by atoms with van der Waals surface area (Å²) >= 11 is 0. The van der Waals surface area contributed by atoms with Crippen molar-refractivity contribution in [2.45, 2.75) is 39.5 Å². The molecule has 0 bridgehead atoms. The highest BCUT2D eigenvalue weighted by Gasteiger charge is 2.35.